The Labute approximate surface area is 458 Å². The molecule has 5 heteroatoms. The first-order chi connectivity index (χ1) is 35.9. The second-order valence-corrected chi connectivity index (χ2v) is 23.0. The molecular weight excluding hydrogens is 890 g/mol. The predicted octanol–water partition coefficient (Wildman–Crippen LogP) is 21.7. The van der Waals surface area contributed by atoms with Crippen LogP contribution in [-0.2, 0) is 12.8 Å². The van der Waals surface area contributed by atoms with Crippen LogP contribution in [0.3, 0.4) is 0 Å². The van der Waals surface area contributed by atoms with Gasteiger partial charge >= 0.3 is 7.32 Å². The summed E-state index contributed by atoms with van der Waals surface area (Å²) in [5.74, 6) is 1.12. The van der Waals surface area contributed by atoms with Crippen molar-refractivity contribution in [3.05, 3.63) is 59.7 Å². The molecule has 0 radical (unpaired) electrons. The first-order valence-electron chi connectivity index (χ1n) is 33.0. The molecule has 424 valence electrons. The summed E-state index contributed by atoms with van der Waals surface area (Å²) in [7, 11) is -1.57. The van der Waals surface area contributed by atoms with Crippen molar-refractivity contribution in [2.45, 2.75) is 337 Å². The minimum Gasteiger partial charge on any atom is -0.808 e. The molecule has 2 rings (SSSR count). The number of rotatable bonds is 54. The topological polar surface area (TPSA) is 41.5 Å². The normalized spacial score (nSPS) is 11.5. The Balaban J connectivity index is 0.000000745. The Hall–Kier alpha value is -1.98. The Bertz CT molecular complexity index is 1230. The van der Waals surface area contributed by atoms with Crippen LogP contribution in [0.4, 0.5) is 0 Å². The molecule has 2 aromatic rings. The minimum atomic E-state index is -1.57. The van der Waals surface area contributed by atoms with E-state index in [1.165, 1.54) is 324 Å². The summed E-state index contributed by atoms with van der Waals surface area (Å²) in [4.78, 5) is 0. The molecule has 73 heavy (non-hydrogen) atoms. The summed E-state index contributed by atoms with van der Waals surface area (Å²) in [6, 6.07) is 15.8. The van der Waals surface area contributed by atoms with E-state index in [4.69, 9.17) is 9.31 Å². The van der Waals surface area contributed by atoms with Gasteiger partial charge in [0.1, 0.15) is 11.5 Å². The molecular formula is C68H126BNO3. The van der Waals surface area contributed by atoms with Crippen molar-refractivity contribution >= 4 is 7.32 Å². The Morgan fingerprint density at radius 1 is 0.274 bits per heavy atom. The summed E-state index contributed by atoms with van der Waals surface area (Å²) in [5.41, 5.74) is 2.60. The fourth-order valence-corrected chi connectivity index (χ4v) is 10.9. The van der Waals surface area contributed by atoms with Crippen LogP contribution in [0.25, 0.3) is 0 Å². The molecule has 0 aromatic heterocycles. The van der Waals surface area contributed by atoms with E-state index in [-0.39, 0.29) is 0 Å². The van der Waals surface area contributed by atoms with Crippen LogP contribution in [0.15, 0.2) is 48.5 Å². The SMILES string of the molecule is CCCCCCCCCCCCc1ccc(OB([O-])Oc2ccc(CCCCCCCCCCCC)cc2)cc1.CCCCCCCC[N+](CCCCCCCC)(CCCCCCCC)CCCCCCCC. The predicted molar refractivity (Wildman–Crippen MR) is 324 cm³/mol. The molecule has 0 bridgehead atoms. The summed E-state index contributed by atoms with van der Waals surface area (Å²) in [5, 5.41) is 12.3. The second kappa shape index (κ2) is 53.4. The van der Waals surface area contributed by atoms with Gasteiger partial charge in [0.15, 0.2) is 0 Å². The number of hydrogen-bond donors (Lipinski definition) is 0. The lowest BCUT2D eigenvalue weighted by molar-refractivity contribution is -0.929. The van der Waals surface area contributed by atoms with Crippen LogP contribution in [0.2, 0.25) is 0 Å². The van der Waals surface area contributed by atoms with Crippen LogP contribution < -0.4 is 14.3 Å². The van der Waals surface area contributed by atoms with Crippen molar-refractivity contribution in [1.82, 2.24) is 0 Å². The maximum Gasteiger partial charge on any atom is 0.492 e. The Kier molecular flexibility index (Phi) is 50.5. The van der Waals surface area contributed by atoms with Crippen molar-refractivity contribution < 1.29 is 18.8 Å². The van der Waals surface area contributed by atoms with Crippen LogP contribution in [0.1, 0.15) is 335 Å². The van der Waals surface area contributed by atoms with Gasteiger partial charge in [-0.1, -0.05) is 284 Å². The van der Waals surface area contributed by atoms with Gasteiger partial charge in [0.05, 0.1) is 26.2 Å². The average molecular weight is 1020 g/mol. The monoisotopic (exact) mass is 1020 g/mol. The molecule has 0 heterocycles. The van der Waals surface area contributed by atoms with Gasteiger partial charge < -0.3 is 18.8 Å². The van der Waals surface area contributed by atoms with Gasteiger partial charge in [-0.15, -0.1) is 0 Å². The lowest BCUT2D eigenvalue weighted by Crippen LogP contribution is -2.50. The lowest BCUT2D eigenvalue weighted by Gasteiger charge is -2.40. The number of quaternary nitrogens is 1. The lowest BCUT2D eigenvalue weighted by atomic mass is 10.0. The Morgan fingerprint density at radius 3 is 0.685 bits per heavy atom. The average Bonchev–Trinajstić information content (AvgIpc) is 3.40. The van der Waals surface area contributed by atoms with Gasteiger partial charge in [0.2, 0.25) is 0 Å². The van der Waals surface area contributed by atoms with Crippen molar-refractivity contribution in [3.8, 4) is 11.5 Å². The number of unbranched alkanes of at least 4 members (excludes halogenated alkanes) is 38. The Morgan fingerprint density at radius 2 is 0.466 bits per heavy atom. The number of hydrogen-bond acceptors (Lipinski definition) is 3. The molecule has 0 aliphatic heterocycles. The smallest absolute Gasteiger partial charge is 0.492 e. The molecule has 0 saturated carbocycles. The van der Waals surface area contributed by atoms with Crippen LogP contribution in [-0.4, -0.2) is 38.0 Å². The molecule has 0 atom stereocenters. The zero-order chi connectivity index (χ0) is 52.8. The van der Waals surface area contributed by atoms with E-state index >= 15 is 0 Å². The van der Waals surface area contributed by atoms with Crippen LogP contribution in [0.5, 0.6) is 11.5 Å². The summed E-state index contributed by atoms with van der Waals surface area (Å²) in [6.45, 7) is 19.8. The van der Waals surface area contributed by atoms with Crippen LogP contribution >= 0.6 is 0 Å². The quantitative estimate of drug-likeness (QED) is 0.0377. The number of nitrogens with zero attached hydrogens (tertiary/aromatic N) is 1. The molecule has 0 unspecified atom stereocenters. The second-order valence-electron chi connectivity index (χ2n) is 23.0. The fraction of sp³-hybridized carbons (Fsp3) is 0.824. The molecule has 0 aliphatic carbocycles. The maximum atomic E-state index is 12.3. The van der Waals surface area contributed by atoms with Gasteiger partial charge in [0, 0.05) is 0 Å². The number of aryl methyl sites for hydroxylation is 2. The fourth-order valence-electron chi connectivity index (χ4n) is 10.9. The molecule has 0 fully saturated rings. The van der Waals surface area contributed by atoms with E-state index in [0.29, 0.717) is 11.5 Å². The molecule has 0 amide bonds. The van der Waals surface area contributed by atoms with E-state index in [2.05, 4.69) is 65.8 Å². The van der Waals surface area contributed by atoms with E-state index < -0.39 is 7.32 Å². The minimum absolute atomic E-state index is 0.560. The molecule has 0 spiro atoms. The van der Waals surface area contributed by atoms with Crippen molar-refractivity contribution in [2.24, 2.45) is 0 Å². The highest BCUT2D eigenvalue weighted by molar-refractivity contribution is 6.34. The molecule has 4 nitrogen and oxygen atoms in total. The third-order valence-corrected chi connectivity index (χ3v) is 15.9. The van der Waals surface area contributed by atoms with Gasteiger partial charge in [-0.05, 0) is 112 Å². The van der Waals surface area contributed by atoms with Crippen molar-refractivity contribution in [3.63, 3.8) is 0 Å². The van der Waals surface area contributed by atoms with Gasteiger partial charge in [-0.3, -0.25) is 0 Å². The van der Waals surface area contributed by atoms with Gasteiger partial charge in [0.25, 0.3) is 0 Å². The zero-order valence-corrected chi connectivity index (χ0v) is 50.2. The van der Waals surface area contributed by atoms with Crippen molar-refractivity contribution in [2.75, 3.05) is 26.2 Å². The van der Waals surface area contributed by atoms with Crippen LogP contribution in [0, 0.1) is 0 Å². The molecule has 0 aliphatic rings. The summed E-state index contributed by atoms with van der Waals surface area (Å²) >= 11 is 0. The first kappa shape index (κ1) is 69.0. The van der Waals surface area contributed by atoms with E-state index in [1.807, 2.05) is 24.3 Å². The highest BCUT2D eigenvalue weighted by Crippen LogP contribution is 2.23. The van der Waals surface area contributed by atoms with Gasteiger partial charge in [-0.2, -0.15) is 0 Å². The summed E-state index contributed by atoms with van der Waals surface area (Å²) in [6.07, 6.45) is 64.0. The third-order valence-electron chi connectivity index (χ3n) is 15.9. The number of benzene rings is 2. The van der Waals surface area contributed by atoms with Gasteiger partial charge in [-0.25, -0.2) is 0 Å². The van der Waals surface area contributed by atoms with Crippen molar-refractivity contribution in [1.29, 1.82) is 0 Å². The zero-order valence-electron chi connectivity index (χ0n) is 50.2. The van der Waals surface area contributed by atoms with E-state index in [9.17, 15) is 5.02 Å². The molecule has 0 saturated heterocycles. The highest BCUT2D eigenvalue weighted by atomic mass is 16.7. The maximum absolute atomic E-state index is 12.3. The summed E-state index contributed by atoms with van der Waals surface area (Å²) < 4.78 is 12.4. The standard InChI is InChI=1S/C36H58BO3.C32H68N/c1-3-5-7-9-11-13-15-17-19-21-23-33-25-29-35(30-26-33)39-37(38)40-36-31-27-34(28-32-36)24-22-20-18-16-14-12-10-8-6-4-2;1-5-9-13-17-21-25-29-33(30-26-22-18-14-10-6-2,31-27-23-19-15-11-7-3)32-28-24-20-16-12-8-4/h25-32H,3-24H2,1-2H3;5-32H2,1-4H3/q-1;+1. The molecule has 2 aromatic carbocycles. The van der Waals surface area contributed by atoms with E-state index in [1.54, 1.807) is 0 Å². The van der Waals surface area contributed by atoms with E-state index in [0.717, 1.165) is 12.8 Å². The largest absolute Gasteiger partial charge is 0.808 e. The third kappa shape index (κ3) is 43.8. The molecule has 0 N–H and O–H groups in total. The first-order valence-corrected chi connectivity index (χ1v) is 33.0. The highest BCUT2D eigenvalue weighted by Gasteiger charge is 2.26.